The number of hydrogen-bond acceptors (Lipinski definition) is 7. The Balaban J connectivity index is 1.89. The molecule has 3 rings (SSSR count). The van der Waals surface area contributed by atoms with Gasteiger partial charge in [0.05, 0.1) is 12.7 Å². The molecule has 0 saturated heterocycles. The van der Waals surface area contributed by atoms with Gasteiger partial charge in [0.15, 0.2) is 5.16 Å². The number of amides is 1. The summed E-state index contributed by atoms with van der Waals surface area (Å²) in [5.74, 6) is -0.275. The van der Waals surface area contributed by atoms with E-state index in [1.807, 2.05) is 0 Å². The number of methoxy groups -OCH3 is 1. The van der Waals surface area contributed by atoms with Gasteiger partial charge >= 0.3 is 5.97 Å². The van der Waals surface area contributed by atoms with Crippen LogP contribution in [0.1, 0.15) is 39.8 Å². The third-order valence-corrected chi connectivity index (χ3v) is 6.59. The van der Waals surface area contributed by atoms with Crippen LogP contribution in [0.3, 0.4) is 0 Å². The van der Waals surface area contributed by atoms with Crippen LogP contribution in [0.4, 0.5) is 5.00 Å². The number of aryl methyl sites for hydroxylation is 1. The maximum atomic E-state index is 12.7. The second-order valence-electron chi connectivity index (χ2n) is 6.90. The number of thiophene rings is 1. The van der Waals surface area contributed by atoms with Crippen molar-refractivity contribution in [3.05, 3.63) is 38.1 Å². The van der Waals surface area contributed by atoms with Crippen LogP contribution in [-0.2, 0) is 28.9 Å². The Hall–Kier alpha value is -2.13. The Morgan fingerprint density at radius 2 is 2.21 bits per heavy atom. The van der Waals surface area contributed by atoms with Crippen LogP contribution in [0, 0.1) is 12.8 Å². The smallest absolute Gasteiger partial charge is 0.341 e. The molecule has 2 heterocycles. The van der Waals surface area contributed by atoms with Gasteiger partial charge in [-0.15, -0.1) is 11.3 Å². The molecule has 1 atom stereocenters. The average molecular weight is 422 g/mol. The van der Waals surface area contributed by atoms with Crippen LogP contribution in [0.5, 0.6) is 0 Å². The van der Waals surface area contributed by atoms with Gasteiger partial charge in [-0.05, 0) is 43.9 Å². The number of fused-ring (bicyclic) bond motifs is 1. The molecule has 1 amide bonds. The minimum Gasteiger partial charge on any atom is -0.465 e. The summed E-state index contributed by atoms with van der Waals surface area (Å²) in [7, 11) is 1.34. The van der Waals surface area contributed by atoms with Crippen LogP contribution >= 0.6 is 23.1 Å². The molecule has 2 aromatic heterocycles. The number of nitrogens with one attached hydrogen (secondary N) is 1. The van der Waals surface area contributed by atoms with E-state index in [1.54, 1.807) is 13.2 Å². The monoisotopic (exact) mass is 421 g/mol. The first-order chi connectivity index (χ1) is 13.3. The van der Waals surface area contributed by atoms with Crippen molar-refractivity contribution in [2.24, 2.45) is 5.92 Å². The zero-order valence-electron chi connectivity index (χ0n) is 16.3. The first-order valence-electron chi connectivity index (χ1n) is 8.99. The molecule has 0 aromatic carbocycles. The van der Waals surface area contributed by atoms with E-state index in [0.717, 1.165) is 29.7 Å². The summed E-state index contributed by atoms with van der Waals surface area (Å²) in [6, 6.07) is 1.40. The van der Waals surface area contributed by atoms with Crippen molar-refractivity contribution in [2.75, 3.05) is 18.7 Å². The third kappa shape index (κ3) is 4.15. The number of rotatable bonds is 5. The van der Waals surface area contributed by atoms with E-state index in [-0.39, 0.29) is 18.0 Å². The summed E-state index contributed by atoms with van der Waals surface area (Å²) < 4.78 is 6.28. The number of esters is 1. The number of aromatic nitrogens is 2. The lowest BCUT2D eigenvalue weighted by Crippen LogP contribution is -2.29. The lowest BCUT2D eigenvalue weighted by Gasteiger charge is -2.18. The van der Waals surface area contributed by atoms with Gasteiger partial charge in [0, 0.05) is 16.6 Å². The molecule has 0 radical (unpaired) electrons. The van der Waals surface area contributed by atoms with E-state index in [0.29, 0.717) is 27.3 Å². The van der Waals surface area contributed by atoms with E-state index in [2.05, 4.69) is 17.2 Å². The quantitative estimate of drug-likeness (QED) is 0.454. The molecule has 0 bridgehead atoms. The zero-order chi connectivity index (χ0) is 20.4. The Morgan fingerprint density at radius 1 is 1.46 bits per heavy atom. The predicted molar refractivity (Wildman–Crippen MR) is 110 cm³/mol. The number of nitrogens with zero attached hydrogens (tertiary/aromatic N) is 2. The Morgan fingerprint density at radius 3 is 2.89 bits per heavy atom. The lowest BCUT2D eigenvalue weighted by molar-refractivity contribution is -0.116. The highest BCUT2D eigenvalue weighted by molar-refractivity contribution is 7.98. The summed E-state index contributed by atoms with van der Waals surface area (Å²) >= 11 is 2.73. The lowest BCUT2D eigenvalue weighted by atomic mass is 9.88. The van der Waals surface area contributed by atoms with Crippen LogP contribution in [0.25, 0.3) is 0 Å². The minimum absolute atomic E-state index is 0.165. The molecule has 0 saturated carbocycles. The van der Waals surface area contributed by atoms with Crippen molar-refractivity contribution >= 4 is 40.0 Å². The van der Waals surface area contributed by atoms with Crippen molar-refractivity contribution in [1.29, 1.82) is 0 Å². The van der Waals surface area contributed by atoms with E-state index in [4.69, 9.17) is 4.74 Å². The summed E-state index contributed by atoms with van der Waals surface area (Å²) in [6.07, 6.45) is 4.49. The largest absolute Gasteiger partial charge is 0.465 e. The fraction of sp³-hybridized carbons (Fsp3) is 0.474. The van der Waals surface area contributed by atoms with Gasteiger partial charge in [0.2, 0.25) is 5.91 Å². The van der Waals surface area contributed by atoms with Crippen molar-refractivity contribution in [3.8, 4) is 0 Å². The van der Waals surface area contributed by atoms with Crippen LogP contribution in [-0.4, -0.2) is 34.8 Å². The molecular formula is C19H23N3O4S2. The van der Waals surface area contributed by atoms with Crippen molar-refractivity contribution in [1.82, 2.24) is 9.55 Å². The maximum absolute atomic E-state index is 12.7. The molecule has 0 fully saturated rings. The van der Waals surface area contributed by atoms with Gasteiger partial charge in [0.25, 0.3) is 5.56 Å². The van der Waals surface area contributed by atoms with Gasteiger partial charge < -0.3 is 10.1 Å². The molecule has 0 unspecified atom stereocenters. The molecule has 0 aliphatic heterocycles. The number of hydrogen-bond donors (Lipinski definition) is 1. The molecule has 0 spiro atoms. The summed E-state index contributed by atoms with van der Waals surface area (Å²) in [5, 5.41) is 3.80. The normalized spacial score (nSPS) is 15.8. The average Bonchev–Trinajstić information content (AvgIpc) is 2.99. The molecule has 7 nitrogen and oxygen atoms in total. The number of carbonyl (C=O) groups excluding carboxylic acids is 2. The molecule has 1 aliphatic rings. The van der Waals surface area contributed by atoms with Crippen LogP contribution in [0.2, 0.25) is 0 Å². The first kappa shape index (κ1) is 20.6. The van der Waals surface area contributed by atoms with Gasteiger partial charge in [-0.2, -0.15) is 0 Å². The number of thioether (sulfide) groups is 1. The van der Waals surface area contributed by atoms with Crippen molar-refractivity contribution < 1.29 is 14.3 Å². The fourth-order valence-electron chi connectivity index (χ4n) is 3.36. The molecule has 1 aliphatic carbocycles. The highest BCUT2D eigenvalue weighted by Crippen LogP contribution is 2.40. The number of anilines is 1. The summed E-state index contributed by atoms with van der Waals surface area (Å²) in [4.78, 5) is 42.7. The second-order valence-corrected chi connectivity index (χ2v) is 8.78. The molecule has 2 aromatic rings. The SMILES string of the molecule is COC(=O)c1c(NC(=O)Cn2c(SC)nc(C)cc2=O)sc2c1CC[C@@H](C)C2. The van der Waals surface area contributed by atoms with Crippen molar-refractivity contribution in [2.45, 2.75) is 44.8 Å². The fourth-order valence-corrected chi connectivity index (χ4v) is 5.39. The predicted octanol–water partition coefficient (Wildman–Crippen LogP) is 2.89. The van der Waals surface area contributed by atoms with Gasteiger partial charge in [-0.1, -0.05) is 18.7 Å². The van der Waals surface area contributed by atoms with E-state index < -0.39 is 5.97 Å². The topological polar surface area (TPSA) is 90.3 Å². The second kappa shape index (κ2) is 8.48. The molecule has 28 heavy (non-hydrogen) atoms. The molecule has 1 N–H and O–H groups in total. The van der Waals surface area contributed by atoms with E-state index in [1.165, 1.54) is 40.8 Å². The van der Waals surface area contributed by atoms with Gasteiger partial charge in [0.1, 0.15) is 11.5 Å². The van der Waals surface area contributed by atoms with Crippen molar-refractivity contribution in [3.63, 3.8) is 0 Å². The zero-order valence-corrected chi connectivity index (χ0v) is 18.0. The third-order valence-electron chi connectivity index (χ3n) is 4.74. The van der Waals surface area contributed by atoms with Crippen LogP contribution in [0.15, 0.2) is 16.0 Å². The Kier molecular flexibility index (Phi) is 6.24. The Labute approximate surface area is 171 Å². The van der Waals surface area contributed by atoms with Gasteiger partial charge in [-0.25, -0.2) is 9.78 Å². The molecular weight excluding hydrogens is 398 g/mol. The number of carbonyl (C=O) groups is 2. The summed E-state index contributed by atoms with van der Waals surface area (Å²) in [5.41, 5.74) is 1.75. The highest BCUT2D eigenvalue weighted by Gasteiger charge is 2.29. The maximum Gasteiger partial charge on any atom is 0.341 e. The molecule has 9 heteroatoms. The molecule has 150 valence electrons. The van der Waals surface area contributed by atoms with E-state index >= 15 is 0 Å². The van der Waals surface area contributed by atoms with Crippen LogP contribution < -0.4 is 10.9 Å². The number of ether oxygens (including phenoxy) is 1. The minimum atomic E-state index is -0.443. The standard InChI is InChI=1S/C19H23N3O4S2/c1-10-5-6-12-13(7-10)28-17(16(12)18(25)26-3)21-14(23)9-22-15(24)8-11(2)20-19(22)27-4/h8,10H,5-7,9H2,1-4H3,(H,21,23)/t10-/m1/s1. The van der Waals surface area contributed by atoms with E-state index in [9.17, 15) is 14.4 Å². The van der Waals surface area contributed by atoms with Gasteiger partial charge in [-0.3, -0.25) is 14.2 Å². The summed E-state index contributed by atoms with van der Waals surface area (Å²) in [6.45, 7) is 3.76. The first-order valence-corrected chi connectivity index (χ1v) is 11.0. The highest BCUT2D eigenvalue weighted by atomic mass is 32.2. The Bertz CT molecular complexity index is 980.